The summed E-state index contributed by atoms with van der Waals surface area (Å²) in [5.74, 6) is -0.740. The topological polar surface area (TPSA) is 68.0 Å². The molecule has 0 fully saturated rings. The van der Waals surface area contributed by atoms with Crippen LogP contribution in [0.2, 0.25) is 0 Å². The van der Waals surface area contributed by atoms with Gasteiger partial charge in [-0.3, -0.25) is 9.78 Å². The molecule has 0 saturated carbocycles. The average Bonchev–Trinajstić information content (AvgIpc) is 2.45. The summed E-state index contributed by atoms with van der Waals surface area (Å²) < 4.78 is 14.4. The second-order valence-electron chi connectivity index (χ2n) is 4.55. The zero-order valence-electron chi connectivity index (χ0n) is 11.3. The Morgan fingerprint density at radius 1 is 1.38 bits per heavy atom. The van der Waals surface area contributed by atoms with Crippen LogP contribution in [-0.2, 0) is 6.42 Å². The molecule has 3 N–H and O–H groups in total. The van der Waals surface area contributed by atoms with Gasteiger partial charge in [0.25, 0.3) is 5.91 Å². The van der Waals surface area contributed by atoms with Gasteiger partial charge in [-0.2, -0.15) is 0 Å². The highest BCUT2D eigenvalue weighted by Crippen LogP contribution is 2.17. The maximum absolute atomic E-state index is 13.7. The number of aryl methyl sites for hydroxylation is 1. The van der Waals surface area contributed by atoms with Crippen LogP contribution in [-0.4, -0.2) is 17.4 Å². The first kappa shape index (κ1) is 15.4. The molecule has 0 aliphatic rings. The monoisotopic (exact) mass is 351 g/mol. The van der Waals surface area contributed by atoms with E-state index in [0.717, 1.165) is 10.9 Å². The van der Waals surface area contributed by atoms with Crippen molar-refractivity contribution in [2.75, 3.05) is 11.9 Å². The predicted octanol–water partition coefficient (Wildman–Crippen LogP) is 3.13. The van der Waals surface area contributed by atoms with Crippen LogP contribution < -0.4 is 11.1 Å². The molecule has 2 aromatic rings. The third-order valence-corrected chi connectivity index (χ3v) is 3.53. The van der Waals surface area contributed by atoms with Crippen molar-refractivity contribution in [3.05, 3.63) is 58.1 Å². The molecule has 6 heteroatoms. The first-order valence-corrected chi connectivity index (χ1v) is 7.29. The number of aromatic nitrogens is 1. The largest absolute Gasteiger partial charge is 0.384 e. The van der Waals surface area contributed by atoms with E-state index < -0.39 is 5.91 Å². The van der Waals surface area contributed by atoms with Crippen molar-refractivity contribution in [2.24, 2.45) is 5.73 Å². The van der Waals surface area contributed by atoms with Crippen molar-refractivity contribution < 1.29 is 9.18 Å². The Hall–Kier alpha value is -1.95. The fraction of sp³-hybridized carbons (Fsp3) is 0.200. The molecule has 1 aromatic carbocycles. The highest BCUT2D eigenvalue weighted by molar-refractivity contribution is 9.10. The second kappa shape index (κ2) is 7.17. The van der Waals surface area contributed by atoms with Gasteiger partial charge >= 0.3 is 0 Å². The van der Waals surface area contributed by atoms with Crippen molar-refractivity contribution in [3.8, 4) is 0 Å². The first-order valence-electron chi connectivity index (χ1n) is 6.49. The number of anilines is 1. The summed E-state index contributed by atoms with van der Waals surface area (Å²) in [6.45, 7) is 0.611. The summed E-state index contributed by atoms with van der Waals surface area (Å²) in [4.78, 5) is 15.1. The molecule has 0 radical (unpaired) electrons. The first-order chi connectivity index (χ1) is 10.1. The van der Waals surface area contributed by atoms with Gasteiger partial charge in [0.1, 0.15) is 5.82 Å². The van der Waals surface area contributed by atoms with Crippen molar-refractivity contribution in [3.63, 3.8) is 0 Å². The SMILES string of the molecule is NC(=O)c1cnccc1NCCCc1ccc(Br)cc1F. The molecule has 0 aliphatic carbocycles. The standard InChI is InChI=1S/C15H15BrFN3O/c16-11-4-3-10(13(17)8-11)2-1-6-20-14-5-7-19-9-12(14)15(18)21/h3-5,7-9H,1-2,6H2,(H2,18,21)(H,19,20). The van der Waals surface area contributed by atoms with Gasteiger partial charge in [-0.1, -0.05) is 22.0 Å². The van der Waals surface area contributed by atoms with Crippen LogP contribution in [0.1, 0.15) is 22.3 Å². The lowest BCUT2D eigenvalue weighted by atomic mass is 10.1. The number of carbonyl (C=O) groups is 1. The van der Waals surface area contributed by atoms with Crippen LogP contribution in [0.3, 0.4) is 0 Å². The van der Waals surface area contributed by atoms with Gasteiger partial charge in [0.15, 0.2) is 0 Å². The van der Waals surface area contributed by atoms with Crippen LogP contribution in [0.5, 0.6) is 0 Å². The highest BCUT2D eigenvalue weighted by Gasteiger charge is 2.07. The van der Waals surface area contributed by atoms with Crippen LogP contribution >= 0.6 is 15.9 Å². The number of nitrogens with two attached hydrogens (primary N) is 1. The highest BCUT2D eigenvalue weighted by atomic mass is 79.9. The summed E-state index contributed by atoms with van der Waals surface area (Å²) in [7, 11) is 0. The van der Waals surface area contributed by atoms with E-state index in [2.05, 4.69) is 26.2 Å². The Labute approximate surface area is 130 Å². The second-order valence-corrected chi connectivity index (χ2v) is 5.47. The van der Waals surface area contributed by atoms with Gasteiger partial charge in [-0.25, -0.2) is 4.39 Å². The minimum Gasteiger partial charge on any atom is -0.384 e. The molecule has 0 unspecified atom stereocenters. The normalized spacial score (nSPS) is 10.4. The number of hydrogen-bond donors (Lipinski definition) is 2. The van der Waals surface area contributed by atoms with Gasteiger partial charge in [0, 0.05) is 23.4 Å². The van der Waals surface area contributed by atoms with E-state index in [1.54, 1.807) is 18.3 Å². The van der Waals surface area contributed by atoms with Gasteiger partial charge in [0.2, 0.25) is 0 Å². The van der Waals surface area contributed by atoms with Gasteiger partial charge in [-0.15, -0.1) is 0 Å². The van der Waals surface area contributed by atoms with Crippen molar-refractivity contribution >= 4 is 27.5 Å². The van der Waals surface area contributed by atoms with Gasteiger partial charge in [0.05, 0.1) is 11.3 Å². The molecule has 0 spiro atoms. The molecule has 0 atom stereocenters. The zero-order chi connectivity index (χ0) is 15.2. The summed E-state index contributed by atoms with van der Waals surface area (Å²) in [6, 6.07) is 6.73. The average molecular weight is 352 g/mol. The number of carbonyl (C=O) groups excluding carboxylic acids is 1. The molecular weight excluding hydrogens is 337 g/mol. The van der Waals surface area contributed by atoms with Crippen LogP contribution in [0.25, 0.3) is 0 Å². The number of amides is 1. The maximum atomic E-state index is 13.7. The molecule has 0 saturated heterocycles. The number of benzene rings is 1. The predicted molar refractivity (Wildman–Crippen MR) is 83.7 cm³/mol. The third-order valence-electron chi connectivity index (χ3n) is 3.04. The van der Waals surface area contributed by atoms with E-state index in [4.69, 9.17) is 5.73 Å². The minimum atomic E-state index is -0.524. The number of halogens is 2. The quantitative estimate of drug-likeness (QED) is 0.785. The number of rotatable bonds is 6. The molecular formula is C15H15BrFN3O. The molecule has 0 bridgehead atoms. The smallest absolute Gasteiger partial charge is 0.252 e. The Morgan fingerprint density at radius 3 is 2.90 bits per heavy atom. The number of hydrogen-bond acceptors (Lipinski definition) is 3. The molecule has 0 aliphatic heterocycles. The van der Waals surface area contributed by atoms with Crippen LogP contribution in [0, 0.1) is 5.82 Å². The lowest BCUT2D eigenvalue weighted by Gasteiger charge is -2.09. The molecule has 1 amide bonds. The van der Waals surface area contributed by atoms with Crippen LogP contribution in [0.15, 0.2) is 41.1 Å². The maximum Gasteiger partial charge on any atom is 0.252 e. The number of primary amides is 1. The van der Waals surface area contributed by atoms with Crippen molar-refractivity contribution in [2.45, 2.75) is 12.8 Å². The summed E-state index contributed by atoms with van der Waals surface area (Å²) in [5.41, 5.74) is 6.94. The van der Waals surface area contributed by atoms with E-state index in [1.807, 2.05) is 6.07 Å². The molecule has 4 nitrogen and oxygen atoms in total. The van der Waals surface area contributed by atoms with E-state index in [-0.39, 0.29) is 5.82 Å². The lowest BCUT2D eigenvalue weighted by Crippen LogP contribution is -2.15. The number of pyridine rings is 1. The molecule has 110 valence electrons. The molecule has 2 rings (SSSR count). The van der Waals surface area contributed by atoms with E-state index in [9.17, 15) is 9.18 Å². The molecule has 1 aromatic heterocycles. The van der Waals surface area contributed by atoms with Gasteiger partial charge in [-0.05, 0) is 36.6 Å². The Balaban J connectivity index is 1.89. The summed E-state index contributed by atoms with van der Waals surface area (Å²) in [5, 5.41) is 3.12. The Bertz CT molecular complexity index is 649. The fourth-order valence-corrected chi connectivity index (χ4v) is 2.30. The van der Waals surface area contributed by atoms with Crippen molar-refractivity contribution in [1.29, 1.82) is 0 Å². The van der Waals surface area contributed by atoms with Gasteiger partial charge < -0.3 is 11.1 Å². The lowest BCUT2D eigenvalue weighted by molar-refractivity contribution is 0.100. The molecule has 21 heavy (non-hydrogen) atoms. The van der Waals surface area contributed by atoms with E-state index in [0.29, 0.717) is 29.8 Å². The minimum absolute atomic E-state index is 0.217. The van der Waals surface area contributed by atoms with E-state index in [1.165, 1.54) is 12.3 Å². The van der Waals surface area contributed by atoms with E-state index >= 15 is 0 Å². The molecule has 1 heterocycles. The number of nitrogens with one attached hydrogen (secondary N) is 1. The fourth-order valence-electron chi connectivity index (χ4n) is 1.97. The zero-order valence-corrected chi connectivity index (χ0v) is 12.9. The Kier molecular flexibility index (Phi) is 5.27. The number of nitrogens with zero attached hydrogens (tertiary/aromatic N) is 1. The summed E-state index contributed by atoms with van der Waals surface area (Å²) in [6.07, 6.45) is 4.37. The van der Waals surface area contributed by atoms with Crippen molar-refractivity contribution in [1.82, 2.24) is 4.98 Å². The van der Waals surface area contributed by atoms with Crippen LogP contribution in [0.4, 0.5) is 10.1 Å². The third kappa shape index (κ3) is 4.26. The Morgan fingerprint density at radius 2 is 2.19 bits per heavy atom. The summed E-state index contributed by atoms with van der Waals surface area (Å²) >= 11 is 3.23.